The van der Waals surface area contributed by atoms with Crippen molar-refractivity contribution in [1.29, 1.82) is 0 Å². The highest BCUT2D eigenvalue weighted by atomic mass is 79.9. The lowest BCUT2D eigenvalue weighted by Crippen LogP contribution is -2.12. The molecule has 16 heavy (non-hydrogen) atoms. The van der Waals surface area contributed by atoms with E-state index in [1.807, 2.05) is 0 Å². The lowest BCUT2D eigenvalue weighted by molar-refractivity contribution is 0.613. The summed E-state index contributed by atoms with van der Waals surface area (Å²) in [7, 11) is 0. The number of allylic oxidation sites excluding steroid dienone is 2. The summed E-state index contributed by atoms with van der Waals surface area (Å²) >= 11 is 3.45. The molecular formula is C12H18Br2N2. The van der Waals surface area contributed by atoms with E-state index in [-0.39, 0.29) is 17.0 Å². The first kappa shape index (κ1) is 14.0. The third-order valence-electron chi connectivity index (χ3n) is 3.07. The van der Waals surface area contributed by atoms with E-state index in [0.29, 0.717) is 0 Å². The molecule has 0 aromatic rings. The van der Waals surface area contributed by atoms with E-state index >= 15 is 0 Å². The lowest BCUT2D eigenvalue weighted by Gasteiger charge is -2.14. The van der Waals surface area contributed by atoms with Crippen molar-refractivity contribution < 1.29 is 0 Å². The molecule has 0 amide bonds. The Balaban J connectivity index is 0.00000128. The van der Waals surface area contributed by atoms with E-state index in [2.05, 4.69) is 27.0 Å². The summed E-state index contributed by atoms with van der Waals surface area (Å²) in [5, 5.41) is 0. The highest BCUT2D eigenvalue weighted by molar-refractivity contribution is 9.11. The van der Waals surface area contributed by atoms with Crippen molar-refractivity contribution in [2.45, 2.75) is 44.9 Å². The Morgan fingerprint density at radius 3 is 2.56 bits per heavy atom. The number of hydrogen-bond acceptors (Lipinski definition) is 2. The molecule has 0 atom stereocenters. The standard InChI is InChI=1S/C12H17BrN2.BrH/c13-11-7-9-5-3-1-2-4-6-10(9)8-12(14)15-11;/h7H,1-6,8H2,(H2,14,15);1H. The molecule has 1 aliphatic heterocycles. The fourth-order valence-electron chi connectivity index (χ4n) is 2.29. The molecule has 1 heterocycles. The fraction of sp³-hybridized carbons (Fsp3) is 0.583. The molecular weight excluding hydrogens is 332 g/mol. The maximum absolute atomic E-state index is 5.87. The van der Waals surface area contributed by atoms with Gasteiger partial charge in [0, 0.05) is 6.42 Å². The van der Waals surface area contributed by atoms with Crippen LogP contribution in [0.5, 0.6) is 0 Å². The molecule has 0 bridgehead atoms. The number of nitrogens with two attached hydrogens (primary N) is 1. The predicted molar refractivity (Wildman–Crippen MR) is 78.3 cm³/mol. The monoisotopic (exact) mass is 348 g/mol. The number of amidine groups is 1. The van der Waals surface area contributed by atoms with Gasteiger partial charge in [0.25, 0.3) is 0 Å². The molecule has 2 nitrogen and oxygen atoms in total. The molecule has 0 fully saturated rings. The van der Waals surface area contributed by atoms with Crippen molar-refractivity contribution in [3.8, 4) is 0 Å². The van der Waals surface area contributed by atoms with Crippen LogP contribution in [-0.4, -0.2) is 5.84 Å². The van der Waals surface area contributed by atoms with Crippen LogP contribution in [0.2, 0.25) is 0 Å². The van der Waals surface area contributed by atoms with Crippen LogP contribution in [0.4, 0.5) is 0 Å². The van der Waals surface area contributed by atoms with Crippen LogP contribution in [-0.2, 0) is 0 Å². The maximum Gasteiger partial charge on any atom is 0.108 e. The molecule has 0 unspecified atom stereocenters. The van der Waals surface area contributed by atoms with Crippen molar-refractivity contribution in [3.05, 3.63) is 21.8 Å². The van der Waals surface area contributed by atoms with Crippen molar-refractivity contribution in [2.24, 2.45) is 10.7 Å². The Kier molecular flexibility index (Phi) is 5.76. The summed E-state index contributed by atoms with van der Waals surface area (Å²) in [6.07, 6.45) is 10.7. The quantitative estimate of drug-likeness (QED) is 0.653. The minimum Gasteiger partial charge on any atom is -0.387 e. The second-order valence-corrected chi connectivity index (χ2v) is 5.10. The van der Waals surface area contributed by atoms with Gasteiger partial charge in [-0.15, -0.1) is 17.0 Å². The summed E-state index contributed by atoms with van der Waals surface area (Å²) in [6.45, 7) is 0. The molecule has 4 heteroatoms. The first-order valence-electron chi connectivity index (χ1n) is 5.67. The smallest absolute Gasteiger partial charge is 0.108 e. The van der Waals surface area contributed by atoms with E-state index < -0.39 is 0 Å². The van der Waals surface area contributed by atoms with E-state index in [1.165, 1.54) is 49.7 Å². The van der Waals surface area contributed by atoms with Gasteiger partial charge >= 0.3 is 0 Å². The van der Waals surface area contributed by atoms with Gasteiger partial charge in [-0.05, 0) is 53.3 Å². The predicted octanol–water partition coefficient (Wildman–Crippen LogP) is 4.21. The molecule has 2 rings (SSSR count). The average Bonchev–Trinajstić information content (AvgIpc) is 2.26. The first-order chi connectivity index (χ1) is 7.25. The Labute approximate surface area is 116 Å². The van der Waals surface area contributed by atoms with E-state index in [1.54, 1.807) is 0 Å². The van der Waals surface area contributed by atoms with E-state index in [0.717, 1.165) is 16.9 Å². The molecule has 0 aromatic carbocycles. The summed E-state index contributed by atoms with van der Waals surface area (Å²) in [6, 6.07) is 0. The van der Waals surface area contributed by atoms with Gasteiger partial charge in [0.2, 0.25) is 0 Å². The largest absolute Gasteiger partial charge is 0.387 e. The van der Waals surface area contributed by atoms with Gasteiger partial charge in [-0.2, -0.15) is 0 Å². The Morgan fingerprint density at radius 1 is 1.12 bits per heavy atom. The zero-order chi connectivity index (χ0) is 10.7. The maximum atomic E-state index is 5.87. The summed E-state index contributed by atoms with van der Waals surface area (Å²) < 4.78 is 0.880. The van der Waals surface area contributed by atoms with Crippen molar-refractivity contribution in [1.82, 2.24) is 0 Å². The molecule has 0 saturated carbocycles. The van der Waals surface area contributed by atoms with Gasteiger partial charge < -0.3 is 5.73 Å². The molecule has 0 saturated heterocycles. The first-order valence-corrected chi connectivity index (χ1v) is 6.46. The summed E-state index contributed by atoms with van der Waals surface area (Å²) in [4.78, 5) is 4.29. The van der Waals surface area contributed by atoms with E-state index in [9.17, 15) is 0 Å². The number of hydrogen-bond donors (Lipinski definition) is 1. The highest BCUT2D eigenvalue weighted by Crippen LogP contribution is 2.30. The van der Waals surface area contributed by atoms with Crippen LogP contribution in [0.3, 0.4) is 0 Å². The zero-order valence-electron chi connectivity index (χ0n) is 9.34. The van der Waals surface area contributed by atoms with Crippen LogP contribution in [0, 0.1) is 0 Å². The van der Waals surface area contributed by atoms with Gasteiger partial charge in [0.05, 0.1) is 0 Å². The van der Waals surface area contributed by atoms with Gasteiger partial charge in [0.15, 0.2) is 0 Å². The molecule has 0 aromatic heterocycles. The van der Waals surface area contributed by atoms with Crippen molar-refractivity contribution in [3.63, 3.8) is 0 Å². The minimum atomic E-state index is 0. The molecule has 2 N–H and O–H groups in total. The SMILES string of the molecule is Br.NC1=NC(Br)=CC2=C(CCCCCC2)C1. The topological polar surface area (TPSA) is 38.4 Å². The Bertz CT molecular complexity index is 343. The second-order valence-electron chi connectivity index (χ2n) is 4.29. The minimum absolute atomic E-state index is 0. The highest BCUT2D eigenvalue weighted by Gasteiger charge is 2.13. The van der Waals surface area contributed by atoms with Crippen molar-refractivity contribution >= 4 is 38.7 Å². The van der Waals surface area contributed by atoms with Gasteiger partial charge in [-0.3, -0.25) is 0 Å². The zero-order valence-corrected chi connectivity index (χ0v) is 12.6. The number of aliphatic imine (C=N–C) groups is 1. The van der Waals surface area contributed by atoms with Crippen LogP contribution >= 0.6 is 32.9 Å². The Morgan fingerprint density at radius 2 is 1.81 bits per heavy atom. The average molecular weight is 350 g/mol. The third kappa shape index (κ3) is 3.74. The van der Waals surface area contributed by atoms with Crippen LogP contribution in [0.1, 0.15) is 44.9 Å². The second kappa shape index (κ2) is 6.60. The molecule has 0 spiro atoms. The van der Waals surface area contributed by atoms with Gasteiger partial charge in [-0.25, -0.2) is 4.99 Å². The van der Waals surface area contributed by atoms with E-state index in [4.69, 9.17) is 5.73 Å². The molecule has 0 radical (unpaired) electrons. The fourth-order valence-corrected chi connectivity index (χ4v) is 2.80. The molecule has 2 aliphatic rings. The summed E-state index contributed by atoms with van der Waals surface area (Å²) in [5.41, 5.74) is 8.84. The lowest BCUT2D eigenvalue weighted by atomic mass is 9.91. The third-order valence-corrected chi connectivity index (χ3v) is 3.47. The van der Waals surface area contributed by atoms with Crippen LogP contribution < -0.4 is 5.73 Å². The van der Waals surface area contributed by atoms with Gasteiger partial charge in [0.1, 0.15) is 10.4 Å². The number of rotatable bonds is 0. The number of halogens is 2. The molecule has 90 valence electrons. The van der Waals surface area contributed by atoms with Crippen LogP contribution in [0.25, 0.3) is 0 Å². The normalized spacial score (nSPS) is 21.8. The van der Waals surface area contributed by atoms with Gasteiger partial charge in [-0.1, -0.05) is 18.4 Å². The van der Waals surface area contributed by atoms with Crippen LogP contribution in [0.15, 0.2) is 26.8 Å². The Hall–Kier alpha value is -0.0900. The van der Waals surface area contributed by atoms with Crippen molar-refractivity contribution in [2.75, 3.05) is 0 Å². The molecule has 1 aliphatic carbocycles. The summed E-state index contributed by atoms with van der Waals surface area (Å²) in [5.74, 6) is 0.740. The number of nitrogens with zero attached hydrogens (tertiary/aromatic N) is 1.